The van der Waals surface area contributed by atoms with Crippen molar-refractivity contribution in [2.45, 2.75) is 32.7 Å². The van der Waals surface area contributed by atoms with Crippen LogP contribution >= 0.6 is 11.3 Å². The fraction of sp³-hybridized carbons (Fsp3) is 0.429. The number of hydrogen-bond acceptors (Lipinski definition) is 7. The monoisotopic (exact) mass is 446 g/mol. The zero-order chi connectivity index (χ0) is 23.0. The van der Waals surface area contributed by atoms with Crippen molar-refractivity contribution in [2.75, 3.05) is 38.3 Å². The van der Waals surface area contributed by atoms with Gasteiger partial charge in [-0.15, -0.1) is 11.3 Å². The van der Waals surface area contributed by atoms with Gasteiger partial charge >= 0.3 is 0 Å². The van der Waals surface area contributed by atoms with Crippen LogP contribution in [-0.4, -0.2) is 60.4 Å². The molecule has 31 heavy (non-hydrogen) atoms. The van der Waals surface area contributed by atoms with Gasteiger partial charge in [-0.1, -0.05) is 12.1 Å². The molecule has 3 amide bonds. The summed E-state index contributed by atoms with van der Waals surface area (Å²) in [5.74, 6) is -0.0975. The molecule has 10 heteroatoms. The van der Waals surface area contributed by atoms with Crippen LogP contribution in [0.5, 0.6) is 0 Å². The summed E-state index contributed by atoms with van der Waals surface area (Å²) in [4.78, 5) is 43.1. The SMILES string of the molecule is CC(=O)Nc1nc(CCc2ccc(NC(=O)[O-])cc2)c(CN(C)CCC(=O)N(C)C)s1. The van der Waals surface area contributed by atoms with Crippen molar-refractivity contribution in [2.24, 2.45) is 0 Å². The molecule has 1 heterocycles. The van der Waals surface area contributed by atoms with Crippen molar-refractivity contribution >= 4 is 40.1 Å². The van der Waals surface area contributed by atoms with E-state index in [2.05, 4.69) is 20.5 Å². The third-order valence-corrected chi connectivity index (χ3v) is 5.53. The molecule has 0 atom stereocenters. The van der Waals surface area contributed by atoms with E-state index in [1.165, 1.54) is 18.3 Å². The van der Waals surface area contributed by atoms with Crippen molar-refractivity contribution in [3.63, 3.8) is 0 Å². The van der Waals surface area contributed by atoms with E-state index in [1.807, 2.05) is 19.2 Å². The first-order valence-electron chi connectivity index (χ1n) is 9.86. The average molecular weight is 447 g/mol. The van der Waals surface area contributed by atoms with Gasteiger partial charge in [-0.05, 0) is 37.6 Å². The van der Waals surface area contributed by atoms with Gasteiger partial charge in [-0.2, -0.15) is 0 Å². The molecule has 0 aliphatic carbocycles. The molecule has 2 aromatic rings. The smallest absolute Gasteiger partial charge is 0.223 e. The quantitative estimate of drug-likeness (QED) is 0.572. The molecule has 2 rings (SSSR count). The van der Waals surface area contributed by atoms with Crippen LogP contribution in [0, 0.1) is 0 Å². The fourth-order valence-electron chi connectivity index (χ4n) is 2.88. The predicted molar refractivity (Wildman–Crippen MR) is 119 cm³/mol. The number of carbonyl (C=O) groups is 3. The highest BCUT2D eigenvalue weighted by Gasteiger charge is 2.15. The van der Waals surface area contributed by atoms with Crippen molar-refractivity contribution < 1.29 is 19.5 Å². The summed E-state index contributed by atoms with van der Waals surface area (Å²) in [6.07, 6.45) is 0.470. The minimum Gasteiger partial charge on any atom is -0.530 e. The summed E-state index contributed by atoms with van der Waals surface area (Å²) >= 11 is 1.44. The maximum Gasteiger partial charge on any atom is 0.223 e. The number of anilines is 2. The number of aryl methyl sites for hydroxylation is 2. The Balaban J connectivity index is 2.05. The zero-order valence-electron chi connectivity index (χ0n) is 18.2. The number of carboxylic acid groups (broad SMARTS) is 1. The van der Waals surface area contributed by atoms with Crippen LogP contribution in [0.15, 0.2) is 24.3 Å². The van der Waals surface area contributed by atoms with Crippen LogP contribution in [0.3, 0.4) is 0 Å². The number of nitrogens with zero attached hydrogens (tertiary/aromatic N) is 3. The Morgan fingerprint density at radius 2 is 1.74 bits per heavy atom. The molecule has 0 saturated heterocycles. The van der Waals surface area contributed by atoms with Gasteiger partial charge in [0, 0.05) is 51.1 Å². The number of thiazole rings is 1. The lowest BCUT2D eigenvalue weighted by Gasteiger charge is -2.17. The van der Waals surface area contributed by atoms with Crippen molar-refractivity contribution in [3.8, 4) is 0 Å². The molecule has 0 radical (unpaired) electrons. The Morgan fingerprint density at radius 1 is 1.06 bits per heavy atom. The summed E-state index contributed by atoms with van der Waals surface area (Å²) in [6.45, 7) is 2.69. The predicted octanol–water partition coefficient (Wildman–Crippen LogP) is 1.55. The molecule has 1 aromatic heterocycles. The lowest BCUT2D eigenvalue weighted by Crippen LogP contribution is -2.28. The molecule has 0 unspecified atom stereocenters. The second-order valence-electron chi connectivity index (χ2n) is 7.46. The fourth-order valence-corrected chi connectivity index (χ4v) is 4.01. The van der Waals surface area contributed by atoms with Gasteiger partial charge < -0.3 is 30.3 Å². The van der Waals surface area contributed by atoms with Gasteiger partial charge in [-0.25, -0.2) is 4.98 Å². The summed E-state index contributed by atoms with van der Waals surface area (Å²) < 4.78 is 0. The maximum absolute atomic E-state index is 11.8. The molecule has 2 N–H and O–H groups in total. The van der Waals surface area contributed by atoms with E-state index in [0.717, 1.165) is 16.1 Å². The van der Waals surface area contributed by atoms with Crippen LogP contribution < -0.4 is 15.7 Å². The van der Waals surface area contributed by atoms with Crippen LogP contribution in [-0.2, 0) is 29.0 Å². The van der Waals surface area contributed by atoms with Crippen molar-refractivity contribution in [3.05, 3.63) is 40.4 Å². The Kier molecular flexibility index (Phi) is 8.95. The van der Waals surface area contributed by atoms with E-state index in [-0.39, 0.29) is 11.8 Å². The van der Waals surface area contributed by atoms with E-state index >= 15 is 0 Å². The minimum absolute atomic E-state index is 0.0759. The number of hydrogen-bond donors (Lipinski definition) is 2. The second kappa shape index (κ2) is 11.4. The van der Waals surface area contributed by atoms with Crippen LogP contribution in [0.2, 0.25) is 0 Å². The van der Waals surface area contributed by atoms with Gasteiger partial charge in [0.15, 0.2) is 5.13 Å². The highest BCUT2D eigenvalue weighted by molar-refractivity contribution is 7.15. The van der Waals surface area contributed by atoms with Crippen LogP contribution in [0.4, 0.5) is 15.6 Å². The highest BCUT2D eigenvalue weighted by atomic mass is 32.1. The topological polar surface area (TPSA) is 118 Å². The Labute approximate surface area is 186 Å². The molecule has 0 saturated carbocycles. The van der Waals surface area contributed by atoms with Gasteiger partial charge in [0.25, 0.3) is 0 Å². The van der Waals surface area contributed by atoms with Crippen LogP contribution in [0.25, 0.3) is 0 Å². The highest BCUT2D eigenvalue weighted by Crippen LogP contribution is 2.26. The molecule has 1 aromatic carbocycles. The van der Waals surface area contributed by atoms with Crippen molar-refractivity contribution in [1.29, 1.82) is 0 Å². The van der Waals surface area contributed by atoms with E-state index in [1.54, 1.807) is 31.1 Å². The number of benzene rings is 1. The van der Waals surface area contributed by atoms with Gasteiger partial charge in [0.1, 0.15) is 6.09 Å². The first-order valence-corrected chi connectivity index (χ1v) is 10.7. The number of amides is 3. The molecule has 0 aliphatic heterocycles. The molecule has 0 fully saturated rings. The molecule has 168 valence electrons. The number of aromatic nitrogens is 1. The Bertz CT molecular complexity index is 911. The third-order valence-electron chi connectivity index (χ3n) is 4.53. The molecular weight excluding hydrogens is 418 g/mol. The minimum atomic E-state index is -1.35. The van der Waals surface area contributed by atoms with Gasteiger partial charge in [-0.3, -0.25) is 9.59 Å². The van der Waals surface area contributed by atoms with Gasteiger partial charge in [0.2, 0.25) is 11.8 Å². The summed E-state index contributed by atoms with van der Waals surface area (Å²) in [7, 11) is 5.43. The zero-order valence-corrected chi connectivity index (χ0v) is 19.0. The van der Waals surface area contributed by atoms with E-state index in [4.69, 9.17) is 0 Å². The Morgan fingerprint density at radius 3 is 2.32 bits per heavy atom. The van der Waals surface area contributed by atoms with Gasteiger partial charge in [0.05, 0.1) is 5.69 Å². The number of nitrogens with one attached hydrogen (secondary N) is 2. The number of rotatable bonds is 10. The van der Waals surface area contributed by atoms with E-state index in [9.17, 15) is 19.5 Å². The summed E-state index contributed by atoms with van der Waals surface area (Å²) in [6, 6.07) is 7.08. The maximum atomic E-state index is 11.8. The lowest BCUT2D eigenvalue weighted by molar-refractivity contribution is -0.242. The third kappa shape index (κ3) is 8.35. The molecule has 0 aliphatic rings. The summed E-state index contributed by atoms with van der Waals surface area (Å²) in [5.41, 5.74) is 2.39. The number of carbonyl (C=O) groups excluding carboxylic acids is 3. The summed E-state index contributed by atoms with van der Waals surface area (Å²) in [5, 5.41) is 16.1. The second-order valence-corrected chi connectivity index (χ2v) is 8.54. The van der Waals surface area contributed by atoms with Crippen LogP contribution in [0.1, 0.15) is 29.5 Å². The van der Waals surface area contributed by atoms with E-state index < -0.39 is 6.09 Å². The average Bonchev–Trinajstić information content (AvgIpc) is 3.05. The molecule has 0 spiro atoms. The van der Waals surface area contributed by atoms with Crippen molar-refractivity contribution in [1.82, 2.24) is 14.8 Å². The molecule has 0 bridgehead atoms. The first-order chi connectivity index (χ1) is 14.6. The largest absolute Gasteiger partial charge is 0.530 e. The standard InChI is InChI=1S/C21H29N5O4S/c1-14(27)22-20-24-17(10-7-15-5-8-16(9-6-15)23-21(29)30)18(31-20)13-26(4)12-11-19(28)25(2)3/h5-6,8-9,23H,7,10-13H2,1-4H3,(H,29,30)(H,22,24,27)/p-1. The normalized spacial score (nSPS) is 10.7. The van der Waals surface area contributed by atoms with E-state index in [0.29, 0.717) is 43.2 Å². The first kappa shape index (κ1) is 24.3. The molecular formula is C21H28N5O4S-. The molecule has 9 nitrogen and oxygen atoms in total. The lowest BCUT2D eigenvalue weighted by atomic mass is 10.1. The Hall–Kier alpha value is -2.98.